The summed E-state index contributed by atoms with van der Waals surface area (Å²) in [6.45, 7) is 1.85. The fourth-order valence-electron chi connectivity index (χ4n) is 1.40. The van der Waals surface area contributed by atoms with Gasteiger partial charge in [-0.2, -0.15) is 0 Å². The number of aryl methyl sites for hydroxylation is 1. The fourth-order valence-corrected chi connectivity index (χ4v) is 1.40. The van der Waals surface area contributed by atoms with Gasteiger partial charge < -0.3 is 14.7 Å². The van der Waals surface area contributed by atoms with Gasteiger partial charge in [0.2, 0.25) is 0 Å². The van der Waals surface area contributed by atoms with Crippen molar-refractivity contribution in [2.45, 2.75) is 6.92 Å². The second kappa shape index (κ2) is 5.34. The summed E-state index contributed by atoms with van der Waals surface area (Å²) < 4.78 is 5.20. The molecule has 92 valence electrons. The highest BCUT2D eigenvalue weighted by Gasteiger charge is 2.16. The Balaban J connectivity index is 3.39. The number of rotatable bonds is 4. The first kappa shape index (κ1) is 13.0. The van der Waals surface area contributed by atoms with Gasteiger partial charge in [-0.1, -0.05) is 6.07 Å². The molecule has 0 saturated carbocycles. The van der Waals surface area contributed by atoms with Crippen molar-refractivity contribution >= 4 is 18.0 Å². The number of aliphatic imine (C=N–C) groups is 1. The Labute approximate surface area is 100 Å². The van der Waals surface area contributed by atoms with Crippen molar-refractivity contribution in [1.82, 2.24) is 4.90 Å². The predicted molar refractivity (Wildman–Crippen MR) is 66.5 cm³/mol. The molecule has 5 nitrogen and oxygen atoms in total. The Hall–Kier alpha value is -2.04. The summed E-state index contributed by atoms with van der Waals surface area (Å²) in [7, 11) is 5.13. The Kier molecular flexibility index (Phi) is 4.09. The van der Waals surface area contributed by atoms with Crippen LogP contribution in [0.25, 0.3) is 0 Å². The first-order valence-electron chi connectivity index (χ1n) is 5.09. The maximum atomic E-state index is 11.1. The molecule has 1 aromatic carbocycles. The van der Waals surface area contributed by atoms with Crippen LogP contribution in [0.15, 0.2) is 17.1 Å². The van der Waals surface area contributed by atoms with Gasteiger partial charge >= 0.3 is 5.97 Å². The van der Waals surface area contributed by atoms with Crippen LogP contribution < -0.4 is 4.74 Å². The van der Waals surface area contributed by atoms with Gasteiger partial charge in [-0.25, -0.2) is 9.79 Å². The molecule has 1 aromatic rings. The van der Waals surface area contributed by atoms with Gasteiger partial charge in [-0.3, -0.25) is 0 Å². The molecule has 0 amide bonds. The number of hydrogen-bond acceptors (Lipinski definition) is 3. The van der Waals surface area contributed by atoms with E-state index in [-0.39, 0.29) is 5.56 Å². The molecule has 1 N–H and O–H groups in total. The highest BCUT2D eigenvalue weighted by Crippen LogP contribution is 2.34. The molecule has 0 aliphatic rings. The second-order valence-corrected chi connectivity index (χ2v) is 3.83. The summed E-state index contributed by atoms with van der Waals surface area (Å²) in [5.74, 6) is -0.530. The molecular weight excluding hydrogens is 220 g/mol. The molecule has 0 heterocycles. The average Bonchev–Trinajstić information content (AvgIpc) is 2.25. The minimum Gasteiger partial charge on any atom is -0.494 e. The van der Waals surface area contributed by atoms with Crippen LogP contribution in [0, 0.1) is 6.92 Å². The van der Waals surface area contributed by atoms with Crippen LogP contribution >= 0.6 is 0 Å². The molecule has 0 aliphatic carbocycles. The second-order valence-electron chi connectivity index (χ2n) is 3.83. The molecular formula is C12H16N2O3. The highest BCUT2D eigenvalue weighted by atomic mass is 16.5. The number of methoxy groups -OCH3 is 1. The van der Waals surface area contributed by atoms with Crippen LogP contribution in [0.2, 0.25) is 0 Å². The molecule has 1 rings (SSSR count). The highest BCUT2D eigenvalue weighted by molar-refractivity contribution is 5.96. The third-order valence-electron chi connectivity index (χ3n) is 2.18. The van der Waals surface area contributed by atoms with Crippen molar-refractivity contribution in [1.29, 1.82) is 0 Å². The van der Waals surface area contributed by atoms with E-state index in [1.54, 1.807) is 17.3 Å². The van der Waals surface area contributed by atoms with Gasteiger partial charge in [-0.15, -0.1) is 0 Å². The normalized spacial score (nSPS) is 10.6. The molecule has 0 spiro atoms. The number of carbonyl (C=O) groups is 1. The molecule has 0 bridgehead atoms. The van der Waals surface area contributed by atoms with Crippen molar-refractivity contribution in [2.24, 2.45) is 4.99 Å². The average molecular weight is 236 g/mol. The van der Waals surface area contributed by atoms with Crippen LogP contribution in [0.1, 0.15) is 15.9 Å². The lowest BCUT2D eigenvalue weighted by molar-refractivity contribution is 0.0697. The van der Waals surface area contributed by atoms with Crippen LogP contribution in [-0.2, 0) is 0 Å². The van der Waals surface area contributed by atoms with E-state index < -0.39 is 5.97 Å². The van der Waals surface area contributed by atoms with Gasteiger partial charge in [0.15, 0.2) is 0 Å². The number of hydrogen-bond donors (Lipinski definition) is 1. The molecule has 0 aromatic heterocycles. The molecule has 0 radical (unpaired) electrons. The van der Waals surface area contributed by atoms with E-state index in [9.17, 15) is 4.79 Å². The van der Waals surface area contributed by atoms with Crippen molar-refractivity contribution in [3.8, 4) is 5.75 Å². The van der Waals surface area contributed by atoms with Gasteiger partial charge in [-0.05, 0) is 18.6 Å². The summed E-state index contributed by atoms with van der Waals surface area (Å²) in [6, 6.07) is 3.24. The molecule has 0 unspecified atom stereocenters. The first-order valence-corrected chi connectivity index (χ1v) is 5.09. The number of ether oxygens (including phenoxy) is 1. The SMILES string of the molecule is COc1c(C)ccc(C(=O)O)c1N=CN(C)C. The molecule has 0 saturated heterocycles. The van der Waals surface area contributed by atoms with Crippen LogP contribution in [-0.4, -0.2) is 43.5 Å². The molecule has 0 aliphatic heterocycles. The zero-order chi connectivity index (χ0) is 13.0. The summed E-state index contributed by atoms with van der Waals surface area (Å²) in [5, 5.41) is 9.10. The van der Waals surface area contributed by atoms with Crippen LogP contribution in [0.5, 0.6) is 5.75 Å². The minimum atomic E-state index is -1.02. The lowest BCUT2D eigenvalue weighted by Gasteiger charge is -2.11. The molecule has 0 fully saturated rings. The maximum absolute atomic E-state index is 11.1. The summed E-state index contributed by atoms with van der Waals surface area (Å²) >= 11 is 0. The Morgan fingerprint density at radius 3 is 2.59 bits per heavy atom. The van der Waals surface area contributed by atoms with Crippen molar-refractivity contribution in [3.05, 3.63) is 23.3 Å². The van der Waals surface area contributed by atoms with E-state index in [0.717, 1.165) is 5.56 Å². The number of carboxylic acids is 1. The van der Waals surface area contributed by atoms with Crippen LogP contribution in [0.4, 0.5) is 5.69 Å². The quantitative estimate of drug-likeness (QED) is 0.641. The summed E-state index contributed by atoms with van der Waals surface area (Å²) in [4.78, 5) is 17.0. The largest absolute Gasteiger partial charge is 0.494 e. The number of nitrogens with zero attached hydrogens (tertiary/aromatic N) is 2. The van der Waals surface area contributed by atoms with E-state index in [2.05, 4.69) is 4.99 Å². The van der Waals surface area contributed by atoms with Gasteiger partial charge in [0.25, 0.3) is 0 Å². The standard InChI is InChI=1S/C12H16N2O3/c1-8-5-6-9(12(15)16)10(11(8)17-4)13-7-14(2)3/h5-7H,1-4H3,(H,15,16). The minimum absolute atomic E-state index is 0.130. The van der Waals surface area contributed by atoms with E-state index in [4.69, 9.17) is 9.84 Å². The zero-order valence-corrected chi connectivity index (χ0v) is 10.4. The third-order valence-corrected chi connectivity index (χ3v) is 2.18. The Morgan fingerprint density at radius 2 is 2.12 bits per heavy atom. The number of benzene rings is 1. The number of aromatic carboxylic acids is 1. The monoisotopic (exact) mass is 236 g/mol. The summed E-state index contributed by atoms with van der Waals surface area (Å²) in [5.41, 5.74) is 1.32. The van der Waals surface area contributed by atoms with Crippen molar-refractivity contribution < 1.29 is 14.6 Å². The Morgan fingerprint density at radius 1 is 1.47 bits per heavy atom. The maximum Gasteiger partial charge on any atom is 0.338 e. The van der Waals surface area contributed by atoms with E-state index in [1.165, 1.54) is 13.2 Å². The third kappa shape index (κ3) is 2.96. The lowest BCUT2D eigenvalue weighted by atomic mass is 10.1. The predicted octanol–water partition coefficient (Wildman–Crippen LogP) is 1.92. The lowest BCUT2D eigenvalue weighted by Crippen LogP contribution is -2.08. The van der Waals surface area contributed by atoms with Crippen molar-refractivity contribution in [3.63, 3.8) is 0 Å². The first-order chi connectivity index (χ1) is 7.97. The summed E-state index contributed by atoms with van der Waals surface area (Å²) in [6.07, 6.45) is 1.55. The van der Waals surface area contributed by atoms with Crippen molar-refractivity contribution in [2.75, 3.05) is 21.2 Å². The van der Waals surface area contributed by atoms with Gasteiger partial charge in [0.05, 0.1) is 19.0 Å². The smallest absolute Gasteiger partial charge is 0.338 e. The van der Waals surface area contributed by atoms with E-state index in [1.807, 2.05) is 21.0 Å². The fraction of sp³-hybridized carbons (Fsp3) is 0.333. The molecule has 17 heavy (non-hydrogen) atoms. The molecule has 5 heteroatoms. The topological polar surface area (TPSA) is 62.1 Å². The van der Waals surface area contributed by atoms with E-state index in [0.29, 0.717) is 11.4 Å². The Bertz CT molecular complexity index is 453. The van der Waals surface area contributed by atoms with Gasteiger partial charge in [0, 0.05) is 14.1 Å². The number of carboxylic acid groups (broad SMARTS) is 1. The van der Waals surface area contributed by atoms with Gasteiger partial charge in [0.1, 0.15) is 11.4 Å². The molecule has 0 atom stereocenters. The van der Waals surface area contributed by atoms with E-state index >= 15 is 0 Å². The van der Waals surface area contributed by atoms with Crippen LogP contribution in [0.3, 0.4) is 0 Å². The zero-order valence-electron chi connectivity index (χ0n) is 10.4.